The van der Waals surface area contributed by atoms with Gasteiger partial charge in [0.1, 0.15) is 5.75 Å². The Morgan fingerprint density at radius 2 is 1.60 bits per heavy atom. The fourth-order valence-corrected chi connectivity index (χ4v) is 5.03. The summed E-state index contributed by atoms with van der Waals surface area (Å²) in [5.41, 5.74) is 5.06. The zero-order chi connectivity index (χ0) is 24.4. The fraction of sp³-hybridized carbons (Fsp3) is 0.310. The van der Waals surface area contributed by atoms with Gasteiger partial charge in [0.25, 0.3) is 5.91 Å². The molecule has 0 N–H and O–H groups in total. The van der Waals surface area contributed by atoms with Crippen LogP contribution in [0.3, 0.4) is 0 Å². The monoisotopic (exact) mass is 469 g/mol. The number of aryl methyl sites for hydroxylation is 1. The van der Waals surface area contributed by atoms with E-state index in [1.165, 1.54) is 0 Å². The number of benzene rings is 3. The van der Waals surface area contributed by atoms with Gasteiger partial charge in [-0.3, -0.25) is 9.59 Å². The van der Waals surface area contributed by atoms with Crippen LogP contribution in [0, 0.1) is 6.92 Å². The van der Waals surface area contributed by atoms with Crippen LogP contribution < -0.4 is 9.64 Å². The van der Waals surface area contributed by atoms with Crippen molar-refractivity contribution >= 4 is 17.5 Å². The lowest BCUT2D eigenvalue weighted by Crippen LogP contribution is -2.49. The largest absolute Gasteiger partial charge is 0.497 e. The minimum absolute atomic E-state index is 0.00306. The van der Waals surface area contributed by atoms with Crippen LogP contribution >= 0.6 is 0 Å². The molecule has 0 unspecified atom stereocenters. The number of hydrogen-bond acceptors (Lipinski definition) is 4. The molecule has 1 saturated heterocycles. The highest BCUT2D eigenvalue weighted by Gasteiger charge is 2.35. The molecule has 0 saturated carbocycles. The first-order valence-corrected chi connectivity index (χ1v) is 12.2. The van der Waals surface area contributed by atoms with Gasteiger partial charge in [0, 0.05) is 44.0 Å². The maximum absolute atomic E-state index is 13.5. The first-order valence-electron chi connectivity index (χ1n) is 12.2. The van der Waals surface area contributed by atoms with Gasteiger partial charge in [0.2, 0.25) is 5.91 Å². The number of ether oxygens (including phenoxy) is 1. The molecule has 180 valence electrons. The molecule has 5 rings (SSSR count). The van der Waals surface area contributed by atoms with Crippen LogP contribution in [-0.4, -0.2) is 54.9 Å². The summed E-state index contributed by atoms with van der Waals surface area (Å²) in [5.74, 6) is 0.931. The summed E-state index contributed by atoms with van der Waals surface area (Å²) in [6.07, 6.45) is 0.283. The average Bonchev–Trinajstić information content (AvgIpc) is 3.24. The first kappa shape index (κ1) is 23.0. The molecular formula is C29H31N3O3. The molecule has 6 heteroatoms. The fourth-order valence-electron chi connectivity index (χ4n) is 5.03. The Morgan fingerprint density at radius 1 is 0.914 bits per heavy atom. The molecule has 2 amide bonds. The van der Waals surface area contributed by atoms with Crippen molar-refractivity contribution < 1.29 is 14.3 Å². The van der Waals surface area contributed by atoms with Crippen molar-refractivity contribution in [2.45, 2.75) is 25.9 Å². The van der Waals surface area contributed by atoms with E-state index in [9.17, 15) is 9.59 Å². The standard InChI is InChI=1S/C29H31N3O3/c1-21-7-9-22(10-8-21)27(32-20-23-5-3-4-6-26(23)29(32)34)19-28(33)31-17-15-30(16-18-31)24-11-13-25(35-2)14-12-24/h3-14,27H,15-20H2,1-2H3/t27-/m1/s1. The molecule has 1 atom stereocenters. The molecule has 0 radical (unpaired) electrons. The topological polar surface area (TPSA) is 53.1 Å². The Kier molecular flexibility index (Phi) is 6.45. The van der Waals surface area contributed by atoms with Crippen LogP contribution in [-0.2, 0) is 11.3 Å². The quantitative estimate of drug-likeness (QED) is 0.536. The highest BCUT2D eigenvalue weighted by atomic mass is 16.5. The smallest absolute Gasteiger partial charge is 0.255 e. The van der Waals surface area contributed by atoms with E-state index in [-0.39, 0.29) is 24.3 Å². The zero-order valence-corrected chi connectivity index (χ0v) is 20.3. The molecule has 0 spiro atoms. The Bertz CT molecular complexity index is 1200. The highest BCUT2D eigenvalue weighted by molar-refractivity contribution is 5.98. The number of carbonyl (C=O) groups excluding carboxylic acids is 2. The molecule has 6 nitrogen and oxygen atoms in total. The Balaban J connectivity index is 1.29. The van der Waals surface area contributed by atoms with E-state index < -0.39 is 0 Å². The number of carbonyl (C=O) groups is 2. The van der Waals surface area contributed by atoms with Gasteiger partial charge >= 0.3 is 0 Å². The maximum Gasteiger partial charge on any atom is 0.255 e. The molecule has 2 aliphatic rings. The van der Waals surface area contributed by atoms with Gasteiger partial charge in [-0.15, -0.1) is 0 Å². The normalized spacial score (nSPS) is 16.3. The molecule has 35 heavy (non-hydrogen) atoms. The van der Waals surface area contributed by atoms with Crippen LogP contribution in [0.5, 0.6) is 5.75 Å². The van der Waals surface area contributed by atoms with Crippen LogP contribution in [0.2, 0.25) is 0 Å². The maximum atomic E-state index is 13.5. The molecule has 2 aliphatic heterocycles. The van der Waals surface area contributed by atoms with Crippen LogP contribution in [0.25, 0.3) is 0 Å². The number of anilines is 1. The van der Waals surface area contributed by atoms with Crippen molar-refractivity contribution in [1.29, 1.82) is 0 Å². The summed E-state index contributed by atoms with van der Waals surface area (Å²) < 4.78 is 5.26. The van der Waals surface area contributed by atoms with E-state index in [4.69, 9.17) is 4.74 Å². The third kappa shape index (κ3) is 4.74. The number of methoxy groups -OCH3 is 1. The predicted molar refractivity (Wildman–Crippen MR) is 137 cm³/mol. The number of amides is 2. The minimum Gasteiger partial charge on any atom is -0.497 e. The van der Waals surface area contributed by atoms with E-state index in [0.717, 1.165) is 46.8 Å². The second-order valence-corrected chi connectivity index (χ2v) is 9.29. The summed E-state index contributed by atoms with van der Waals surface area (Å²) in [4.78, 5) is 32.8. The molecular weight excluding hydrogens is 438 g/mol. The Labute approximate surface area is 206 Å². The van der Waals surface area contributed by atoms with Gasteiger partial charge in [-0.25, -0.2) is 0 Å². The first-order chi connectivity index (χ1) is 17.0. The molecule has 1 fully saturated rings. The second-order valence-electron chi connectivity index (χ2n) is 9.29. The van der Waals surface area contributed by atoms with E-state index in [1.54, 1.807) is 7.11 Å². The predicted octanol–water partition coefficient (Wildman–Crippen LogP) is 4.44. The number of piperazine rings is 1. The molecule has 0 aliphatic carbocycles. The van der Waals surface area contributed by atoms with Crippen molar-refractivity contribution in [2.75, 3.05) is 38.2 Å². The summed E-state index contributed by atoms with van der Waals surface area (Å²) in [5, 5.41) is 0. The minimum atomic E-state index is -0.289. The molecule has 0 aromatic heterocycles. The van der Waals surface area contributed by atoms with E-state index in [1.807, 2.05) is 77.4 Å². The second kappa shape index (κ2) is 9.82. The lowest BCUT2D eigenvalue weighted by atomic mass is 9.99. The van der Waals surface area contributed by atoms with E-state index in [0.29, 0.717) is 19.6 Å². The van der Waals surface area contributed by atoms with Gasteiger partial charge in [-0.05, 0) is 48.4 Å². The molecule has 3 aromatic carbocycles. The van der Waals surface area contributed by atoms with Crippen molar-refractivity contribution in [3.8, 4) is 5.75 Å². The molecule has 0 bridgehead atoms. The van der Waals surface area contributed by atoms with Crippen molar-refractivity contribution in [2.24, 2.45) is 0 Å². The molecule has 2 heterocycles. The average molecular weight is 470 g/mol. The number of nitrogens with zero attached hydrogens (tertiary/aromatic N) is 3. The van der Waals surface area contributed by atoms with E-state index in [2.05, 4.69) is 17.0 Å². The summed E-state index contributed by atoms with van der Waals surface area (Å²) in [6.45, 7) is 5.47. The van der Waals surface area contributed by atoms with Gasteiger partial charge in [0.05, 0.1) is 19.6 Å². The number of fused-ring (bicyclic) bond motifs is 1. The van der Waals surface area contributed by atoms with Gasteiger partial charge in [-0.1, -0.05) is 48.0 Å². The third-order valence-corrected chi connectivity index (χ3v) is 7.13. The lowest BCUT2D eigenvalue weighted by Gasteiger charge is -2.37. The number of rotatable bonds is 6. The van der Waals surface area contributed by atoms with Gasteiger partial charge in [0.15, 0.2) is 0 Å². The SMILES string of the molecule is COc1ccc(N2CCN(C(=O)C[C@H](c3ccc(C)cc3)N3Cc4ccccc4C3=O)CC2)cc1. The summed E-state index contributed by atoms with van der Waals surface area (Å²) in [6, 6.07) is 23.7. The Hall–Kier alpha value is -3.80. The highest BCUT2D eigenvalue weighted by Crippen LogP contribution is 2.34. The Morgan fingerprint density at radius 3 is 2.26 bits per heavy atom. The van der Waals surface area contributed by atoms with Crippen molar-refractivity contribution in [3.63, 3.8) is 0 Å². The summed E-state index contributed by atoms with van der Waals surface area (Å²) >= 11 is 0. The van der Waals surface area contributed by atoms with Crippen LogP contribution in [0.4, 0.5) is 5.69 Å². The molecule has 3 aromatic rings. The lowest BCUT2D eigenvalue weighted by molar-refractivity contribution is -0.132. The van der Waals surface area contributed by atoms with Crippen LogP contribution in [0.15, 0.2) is 72.8 Å². The summed E-state index contributed by atoms with van der Waals surface area (Å²) in [7, 11) is 1.66. The van der Waals surface area contributed by atoms with Crippen molar-refractivity contribution in [1.82, 2.24) is 9.80 Å². The van der Waals surface area contributed by atoms with Gasteiger partial charge < -0.3 is 19.4 Å². The number of hydrogen-bond donors (Lipinski definition) is 0. The third-order valence-electron chi connectivity index (χ3n) is 7.13. The van der Waals surface area contributed by atoms with Crippen molar-refractivity contribution in [3.05, 3.63) is 95.1 Å². The zero-order valence-electron chi connectivity index (χ0n) is 20.3. The van der Waals surface area contributed by atoms with Gasteiger partial charge in [-0.2, -0.15) is 0 Å². The van der Waals surface area contributed by atoms with Crippen LogP contribution in [0.1, 0.15) is 39.5 Å². The van der Waals surface area contributed by atoms with E-state index >= 15 is 0 Å².